The lowest BCUT2D eigenvalue weighted by Gasteiger charge is -2.02. The molecule has 0 amide bonds. The van der Waals surface area contributed by atoms with Crippen molar-refractivity contribution in [3.63, 3.8) is 0 Å². The maximum absolute atomic E-state index is 11.1. The molecule has 81 valence electrons. The molecule has 0 aliphatic rings. The van der Waals surface area contributed by atoms with Crippen LogP contribution in [0.5, 0.6) is 0 Å². The Morgan fingerprint density at radius 2 is 2.14 bits per heavy atom. The third-order valence-corrected chi connectivity index (χ3v) is 1.93. The molecule has 0 aromatic rings. The van der Waals surface area contributed by atoms with Crippen LogP contribution in [0.15, 0.2) is 12.2 Å². The van der Waals surface area contributed by atoms with Crippen molar-refractivity contribution >= 4 is 5.97 Å². The predicted molar refractivity (Wildman–Crippen MR) is 58.8 cm³/mol. The number of ether oxygens (including phenoxy) is 1. The van der Waals surface area contributed by atoms with Gasteiger partial charge in [-0.2, -0.15) is 0 Å². The maximum atomic E-state index is 11.1. The number of carbonyl (C=O) groups excluding carboxylic acids is 1. The Labute approximate surface area is 87.3 Å². The van der Waals surface area contributed by atoms with Crippen LogP contribution in [0.25, 0.3) is 0 Å². The summed E-state index contributed by atoms with van der Waals surface area (Å²) in [5, 5.41) is 0. The molecule has 0 rings (SSSR count). The van der Waals surface area contributed by atoms with E-state index in [4.69, 9.17) is 4.74 Å². The fraction of sp³-hybridized carbons (Fsp3) is 0.667. The number of carbonyl (C=O) groups is 1. The van der Waals surface area contributed by atoms with E-state index in [0.29, 0.717) is 13.0 Å². The van der Waals surface area contributed by atoms with Gasteiger partial charge in [0, 0.05) is 6.42 Å². The molecule has 0 spiro atoms. The van der Waals surface area contributed by atoms with Gasteiger partial charge in [0.15, 0.2) is 0 Å². The lowest BCUT2D eigenvalue weighted by atomic mass is 10.2. The highest BCUT2D eigenvalue weighted by Crippen LogP contribution is 2.00. The lowest BCUT2D eigenvalue weighted by molar-refractivity contribution is -0.143. The molecular weight excluding hydrogens is 176 g/mol. The molecule has 0 aromatic heterocycles. The van der Waals surface area contributed by atoms with Crippen molar-refractivity contribution in [3.05, 3.63) is 19.1 Å². The van der Waals surface area contributed by atoms with Crippen LogP contribution in [0, 0.1) is 6.92 Å². The van der Waals surface area contributed by atoms with E-state index in [1.165, 1.54) is 0 Å². The van der Waals surface area contributed by atoms with Crippen LogP contribution in [0.3, 0.4) is 0 Å². The molecule has 0 aromatic carbocycles. The van der Waals surface area contributed by atoms with Gasteiger partial charge in [0.05, 0.1) is 6.61 Å². The van der Waals surface area contributed by atoms with E-state index in [1.54, 1.807) is 6.08 Å². The largest absolute Gasteiger partial charge is 0.466 e. The zero-order chi connectivity index (χ0) is 10.6. The topological polar surface area (TPSA) is 26.3 Å². The van der Waals surface area contributed by atoms with Crippen LogP contribution < -0.4 is 0 Å². The molecule has 0 fully saturated rings. The third-order valence-electron chi connectivity index (χ3n) is 1.93. The van der Waals surface area contributed by atoms with Gasteiger partial charge in [-0.15, -0.1) is 0 Å². The molecule has 0 bridgehead atoms. The number of hydrogen-bond acceptors (Lipinski definition) is 2. The summed E-state index contributed by atoms with van der Waals surface area (Å²) < 4.78 is 5.05. The van der Waals surface area contributed by atoms with E-state index in [9.17, 15) is 4.79 Å². The standard InChI is InChI=1S/C12H21O2/c1-3-5-7-8-10-12(13)14-11-9-6-4-2/h3,5H,1,4,6-11H2,2H3. The zero-order valence-electron chi connectivity index (χ0n) is 9.13. The molecule has 0 atom stereocenters. The molecule has 2 nitrogen and oxygen atoms in total. The summed E-state index contributed by atoms with van der Waals surface area (Å²) in [5.74, 6) is -0.0708. The SMILES string of the molecule is [CH2]C=CCCCC(=O)OCCCCC. The van der Waals surface area contributed by atoms with Gasteiger partial charge in [0.25, 0.3) is 0 Å². The quantitative estimate of drug-likeness (QED) is 0.441. The molecule has 0 N–H and O–H groups in total. The monoisotopic (exact) mass is 197 g/mol. The number of unbranched alkanes of at least 4 members (excludes halogenated alkanes) is 3. The molecule has 0 saturated heterocycles. The van der Waals surface area contributed by atoms with Crippen LogP contribution >= 0.6 is 0 Å². The van der Waals surface area contributed by atoms with Crippen molar-refractivity contribution in [2.24, 2.45) is 0 Å². The van der Waals surface area contributed by atoms with Gasteiger partial charge in [0.1, 0.15) is 0 Å². The number of rotatable bonds is 8. The summed E-state index contributed by atoms with van der Waals surface area (Å²) in [7, 11) is 0. The average molecular weight is 197 g/mol. The molecule has 14 heavy (non-hydrogen) atoms. The van der Waals surface area contributed by atoms with E-state index in [2.05, 4.69) is 13.8 Å². The van der Waals surface area contributed by atoms with Crippen LogP contribution in [-0.4, -0.2) is 12.6 Å². The van der Waals surface area contributed by atoms with Gasteiger partial charge in [-0.05, 0) is 26.2 Å². The molecule has 1 radical (unpaired) electrons. The second-order valence-electron chi connectivity index (χ2n) is 3.29. The van der Waals surface area contributed by atoms with Gasteiger partial charge in [-0.1, -0.05) is 31.9 Å². The summed E-state index contributed by atoms with van der Waals surface area (Å²) in [6.45, 7) is 6.29. The molecular formula is C12H21O2. The van der Waals surface area contributed by atoms with Crippen LogP contribution in [-0.2, 0) is 9.53 Å². The highest BCUT2D eigenvalue weighted by molar-refractivity contribution is 5.69. The third kappa shape index (κ3) is 9.30. The van der Waals surface area contributed by atoms with E-state index in [1.807, 2.05) is 6.08 Å². The van der Waals surface area contributed by atoms with Crippen molar-refractivity contribution in [2.45, 2.75) is 45.4 Å². The number of esters is 1. The van der Waals surface area contributed by atoms with Crippen LogP contribution in [0.2, 0.25) is 0 Å². The normalized spacial score (nSPS) is 10.7. The molecule has 2 heteroatoms. The van der Waals surface area contributed by atoms with Crippen molar-refractivity contribution in [2.75, 3.05) is 6.61 Å². The Morgan fingerprint density at radius 3 is 2.79 bits per heavy atom. The predicted octanol–water partition coefficient (Wildman–Crippen LogP) is 3.28. The Morgan fingerprint density at radius 1 is 1.36 bits per heavy atom. The minimum Gasteiger partial charge on any atom is -0.466 e. The Balaban J connectivity index is 3.19. The summed E-state index contributed by atoms with van der Waals surface area (Å²) in [6.07, 6.45) is 9.30. The lowest BCUT2D eigenvalue weighted by Crippen LogP contribution is -2.05. The average Bonchev–Trinajstić information content (AvgIpc) is 2.19. The first-order valence-corrected chi connectivity index (χ1v) is 5.41. The van der Waals surface area contributed by atoms with Crippen LogP contribution in [0.4, 0.5) is 0 Å². The first kappa shape index (κ1) is 13.2. The first-order chi connectivity index (χ1) is 6.81. The number of allylic oxidation sites excluding steroid dienone is 2. The van der Waals surface area contributed by atoms with Gasteiger partial charge < -0.3 is 4.74 Å². The van der Waals surface area contributed by atoms with Gasteiger partial charge in [0.2, 0.25) is 0 Å². The minimum atomic E-state index is -0.0708. The van der Waals surface area contributed by atoms with Gasteiger partial charge >= 0.3 is 5.97 Å². The maximum Gasteiger partial charge on any atom is 0.305 e. The fourth-order valence-electron chi connectivity index (χ4n) is 1.09. The number of hydrogen-bond donors (Lipinski definition) is 0. The highest BCUT2D eigenvalue weighted by Gasteiger charge is 2.00. The van der Waals surface area contributed by atoms with Crippen LogP contribution in [0.1, 0.15) is 45.4 Å². The fourth-order valence-corrected chi connectivity index (χ4v) is 1.09. The van der Waals surface area contributed by atoms with E-state index in [-0.39, 0.29) is 5.97 Å². The van der Waals surface area contributed by atoms with Gasteiger partial charge in [-0.25, -0.2) is 0 Å². The minimum absolute atomic E-state index is 0.0708. The summed E-state index contributed by atoms with van der Waals surface area (Å²) >= 11 is 0. The Hall–Kier alpha value is -0.790. The molecule has 0 heterocycles. The van der Waals surface area contributed by atoms with E-state index < -0.39 is 0 Å². The highest BCUT2D eigenvalue weighted by atomic mass is 16.5. The second kappa shape index (κ2) is 10.3. The summed E-state index contributed by atoms with van der Waals surface area (Å²) in [4.78, 5) is 11.1. The van der Waals surface area contributed by atoms with E-state index in [0.717, 1.165) is 32.1 Å². The summed E-state index contributed by atoms with van der Waals surface area (Å²) in [6, 6.07) is 0. The smallest absolute Gasteiger partial charge is 0.305 e. The zero-order valence-corrected chi connectivity index (χ0v) is 9.13. The van der Waals surface area contributed by atoms with Crippen molar-refractivity contribution in [3.8, 4) is 0 Å². The Bertz CT molecular complexity index is 162. The molecule has 0 saturated carbocycles. The molecule has 0 aliphatic carbocycles. The van der Waals surface area contributed by atoms with Crippen molar-refractivity contribution in [1.29, 1.82) is 0 Å². The van der Waals surface area contributed by atoms with E-state index >= 15 is 0 Å². The second-order valence-corrected chi connectivity index (χ2v) is 3.29. The van der Waals surface area contributed by atoms with Crippen molar-refractivity contribution in [1.82, 2.24) is 0 Å². The summed E-state index contributed by atoms with van der Waals surface area (Å²) in [5.41, 5.74) is 0. The first-order valence-electron chi connectivity index (χ1n) is 5.41. The Kier molecular flexibility index (Phi) is 9.71. The van der Waals surface area contributed by atoms with Crippen molar-refractivity contribution < 1.29 is 9.53 Å². The molecule has 0 unspecified atom stereocenters. The molecule has 0 aliphatic heterocycles. The van der Waals surface area contributed by atoms with Gasteiger partial charge in [-0.3, -0.25) is 4.79 Å².